The number of anilines is 3. The van der Waals surface area contributed by atoms with Gasteiger partial charge >= 0.3 is 5.69 Å². The lowest BCUT2D eigenvalue weighted by Gasteiger charge is -2.09. The van der Waals surface area contributed by atoms with Gasteiger partial charge in [0, 0.05) is 17.3 Å². The van der Waals surface area contributed by atoms with Crippen LogP contribution in [0.4, 0.5) is 23.0 Å². The minimum atomic E-state index is -0.610. The van der Waals surface area contributed by atoms with Crippen molar-refractivity contribution in [3.63, 3.8) is 0 Å². The van der Waals surface area contributed by atoms with Crippen LogP contribution >= 0.6 is 0 Å². The summed E-state index contributed by atoms with van der Waals surface area (Å²) >= 11 is 0. The van der Waals surface area contributed by atoms with Crippen LogP contribution in [-0.2, 0) is 0 Å². The lowest BCUT2D eigenvalue weighted by molar-refractivity contribution is -0.383. The first kappa shape index (κ1) is 12.7. The van der Waals surface area contributed by atoms with Crippen molar-refractivity contribution in [1.29, 1.82) is 0 Å². The van der Waals surface area contributed by atoms with Gasteiger partial charge in [-0.3, -0.25) is 15.1 Å². The predicted octanol–water partition coefficient (Wildman–Crippen LogP) is 2.26. The zero-order valence-corrected chi connectivity index (χ0v) is 10.7. The first-order valence-corrected chi connectivity index (χ1v) is 6.02. The number of hydrogen-bond acceptors (Lipinski definition) is 7. The highest BCUT2D eigenvalue weighted by Crippen LogP contribution is 2.31. The molecule has 3 aromatic rings. The molecule has 104 valence electrons. The molecule has 0 radical (unpaired) electrons. The van der Waals surface area contributed by atoms with E-state index in [2.05, 4.69) is 20.3 Å². The molecular weight excluding hydrogens is 272 g/mol. The summed E-state index contributed by atoms with van der Waals surface area (Å²) in [5.41, 5.74) is 6.62. The summed E-state index contributed by atoms with van der Waals surface area (Å²) in [6, 6.07) is 9.08. The van der Waals surface area contributed by atoms with E-state index in [9.17, 15) is 10.1 Å². The number of nitrogens with one attached hydrogen (secondary N) is 1. The summed E-state index contributed by atoms with van der Waals surface area (Å²) in [7, 11) is 0. The molecule has 2 heterocycles. The van der Waals surface area contributed by atoms with Crippen LogP contribution in [0.15, 0.2) is 42.9 Å². The summed E-state index contributed by atoms with van der Waals surface area (Å²) in [6.45, 7) is 0. The largest absolute Gasteiger partial charge is 0.378 e. The van der Waals surface area contributed by atoms with Gasteiger partial charge in [0.1, 0.15) is 6.33 Å². The summed E-state index contributed by atoms with van der Waals surface area (Å²) in [6.07, 6.45) is 2.85. The average molecular weight is 282 g/mol. The molecule has 21 heavy (non-hydrogen) atoms. The van der Waals surface area contributed by atoms with Crippen LogP contribution in [0, 0.1) is 10.1 Å². The van der Waals surface area contributed by atoms with Gasteiger partial charge in [0.05, 0.1) is 10.4 Å². The van der Waals surface area contributed by atoms with Crippen molar-refractivity contribution < 1.29 is 4.92 Å². The number of fused-ring (bicyclic) bond motifs is 1. The van der Waals surface area contributed by atoms with Crippen molar-refractivity contribution in [2.45, 2.75) is 0 Å². The molecule has 0 atom stereocenters. The molecule has 3 rings (SSSR count). The van der Waals surface area contributed by atoms with Crippen LogP contribution in [0.2, 0.25) is 0 Å². The number of benzene rings is 1. The van der Waals surface area contributed by atoms with Gasteiger partial charge in [0.15, 0.2) is 0 Å². The van der Waals surface area contributed by atoms with Crippen LogP contribution in [0.1, 0.15) is 0 Å². The van der Waals surface area contributed by atoms with E-state index in [1.807, 2.05) is 12.1 Å². The van der Waals surface area contributed by atoms with Crippen molar-refractivity contribution in [3.8, 4) is 0 Å². The van der Waals surface area contributed by atoms with Crippen molar-refractivity contribution in [3.05, 3.63) is 53.0 Å². The van der Waals surface area contributed by atoms with E-state index in [1.165, 1.54) is 6.33 Å². The fraction of sp³-hybridized carbons (Fsp3) is 0. The Morgan fingerprint density at radius 2 is 2.00 bits per heavy atom. The van der Waals surface area contributed by atoms with Gasteiger partial charge in [-0.1, -0.05) is 6.07 Å². The number of nitrogens with two attached hydrogens (primary N) is 1. The second kappa shape index (κ2) is 5.00. The molecule has 0 saturated carbocycles. The molecule has 0 aliphatic carbocycles. The third-order valence-electron chi connectivity index (χ3n) is 2.93. The maximum atomic E-state index is 11.1. The van der Waals surface area contributed by atoms with E-state index < -0.39 is 4.92 Å². The molecule has 8 heteroatoms. The highest BCUT2D eigenvalue weighted by atomic mass is 16.6. The number of hydrogen-bond donors (Lipinski definition) is 2. The number of aromatic nitrogens is 3. The highest BCUT2D eigenvalue weighted by Gasteiger charge is 2.21. The van der Waals surface area contributed by atoms with E-state index in [0.717, 1.165) is 10.9 Å². The number of nitrogen functional groups attached to an aromatic ring is 1. The van der Waals surface area contributed by atoms with Gasteiger partial charge in [0.25, 0.3) is 0 Å². The molecule has 0 bridgehead atoms. The van der Waals surface area contributed by atoms with Gasteiger partial charge in [-0.2, -0.15) is 0 Å². The predicted molar refractivity (Wildman–Crippen MR) is 78.1 cm³/mol. The molecule has 3 N–H and O–H groups in total. The van der Waals surface area contributed by atoms with Crippen LogP contribution in [0.25, 0.3) is 10.9 Å². The van der Waals surface area contributed by atoms with Crippen LogP contribution in [0.3, 0.4) is 0 Å². The fourth-order valence-corrected chi connectivity index (χ4v) is 2.00. The number of pyridine rings is 1. The Kier molecular flexibility index (Phi) is 3.03. The van der Waals surface area contributed by atoms with Crippen molar-refractivity contribution >= 4 is 33.9 Å². The Balaban J connectivity index is 2.12. The summed E-state index contributed by atoms with van der Waals surface area (Å²) in [4.78, 5) is 22.2. The fourth-order valence-electron chi connectivity index (χ4n) is 2.00. The van der Waals surface area contributed by atoms with Gasteiger partial charge in [-0.05, 0) is 24.3 Å². The molecule has 0 aliphatic rings. The number of rotatable bonds is 3. The minimum absolute atomic E-state index is 0.0452. The van der Waals surface area contributed by atoms with Gasteiger partial charge < -0.3 is 11.1 Å². The van der Waals surface area contributed by atoms with Crippen molar-refractivity contribution in [2.24, 2.45) is 0 Å². The molecular formula is C13H10N6O2. The molecule has 8 nitrogen and oxygen atoms in total. The Morgan fingerprint density at radius 1 is 1.14 bits per heavy atom. The third kappa shape index (κ3) is 2.29. The van der Waals surface area contributed by atoms with E-state index in [-0.39, 0.29) is 17.3 Å². The Morgan fingerprint density at radius 3 is 2.81 bits per heavy atom. The second-order valence-corrected chi connectivity index (χ2v) is 4.21. The van der Waals surface area contributed by atoms with Crippen molar-refractivity contribution in [1.82, 2.24) is 15.0 Å². The van der Waals surface area contributed by atoms with Crippen LogP contribution in [-0.4, -0.2) is 19.9 Å². The zero-order valence-electron chi connectivity index (χ0n) is 10.7. The maximum Gasteiger partial charge on any atom is 0.353 e. The quantitative estimate of drug-likeness (QED) is 0.558. The van der Waals surface area contributed by atoms with Crippen LogP contribution in [0.5, 0.6) is 0 Å². The Labute approximate surface area is 118 Å². The summed E-state index contributed by atoms with van der Waals surface area (Å²) in [5, 5.41) is 14.8. The van der Waals surface area contributed by atoms with Gasteiger partial charge in [-0.15, -0.1) is 0 Å². The number of nitro groups is 1. The first-order chi connectivity index (χ1) is 10.2. The van der Waals surface area contributed by atoms with E-state index in [1.54, 1.807) is 24.4 Å². The van der Waals surface area contributed by atoms with Gasteiger partial charge in [0.2, 0.25) is 11.6 Å². The highest BCUT2D eigenvalue weighted by molar-refractivity contribution is 5.93. The molecule has 0 aliphatic heterocycles. The summed E-state index contributed by atoms with van der Waals surface area (Å²) in [5.74, 6) is -0.139. The second-order valence-electron chi connectivity index (χ2n) is 4.21. The first-order valence-electron chi connectivity index (χ1n) is 6.02. The monoisotopic (exact) mass is 282 g/mol. The van der Waals surface area contributed by atoms with Gasteiger partial charge in [-0.25, -0.2) is 9.97 Å². The third-order valence-corrected chi connectivity index (χ3v) is 2.93. The molecule has 0 saturated heterocycles. The lowest BCUT2D eigenvalue weighted by atomic mass is 10.2. The Bertz CT molecular complexity index is 831. The normalized spacial score (nSPS) is 10.5. The van der Waals surface area contributed by atoms with E-state index in [4.69, 9.17) is 5.73 Å². The van der Waals surface area contributed by atoms with E-state index >= 15 is 0 Å². The molecule has 0 fully saturated rings. The topological polar surface area (TPSA) is 120 Å². The summed E-state index contributed by atoms with van der Waals surface area (Å²) < 4.78 is 0. The number of nitrogens with zero attached hydrogens (tertiary/aromatic N) is 4. The molecule has 2 aromatic heterocycles. The van der Waals surface area contributed by atoms with E-state index in [0.29, 0.717) is 5.69 Å². The maximum absolute atomic E-state index is 11.1. The zero-order chi connectivity index (χ0) is 14.8. The Hall–Kier alpha value is -3.29. The molecule has 0 unspecified atom stereocenters. The van der Waals surface area contributed by atoms with Crippen molar-refractivity contribution in [2.75, 3.05) is 11.1 Å². The molecule has 0 spiro atoms. The lowest BCUT2D eigenvalue weighted by Crippen LogP contribution is -2.05. The SMILES string of the molecule is Nc1ncnc(Nc2cccc3ncccc23)c1[N+](=O)[O-]. The minimum Gasteiger partial charge on any atom is -0.378 e. The molecule has 0 amide bonds. The average Bonchev–Trinajstić information content (AvgIpc) is 2.47. The standard InChI is InChI=1S/C13H10N6O2/c14-12-11(19(20)21)13(17-7-16-12)18-10-5-1-4-9-8(10)3-2-6-15-9/h1-7H,(H3,14,16,17,18). The smallest absolute Gasteiger partial charge is 0.353 e. The molecule has 1 aromatic carbocycles. The van der Waals surface area contributed by atoms with Crippen LogP contribution < -0.4 is 11.1 Å².